The average molecular weight is 316 g/mol. The van der Waals surface area contributed by atoms with E-state index in [1.807, 2.05) is 19.9 Å². The molecule has 3 heterocycles. The van der Waals surface area contributed by atoms with Gasteiger partial charge in [0.25, 0.3) is 5.91 Å². The zero-order valence-electron chi connectivity index (χ0n) is 13.6. The van der Waals surface area contributed by atoms with Crippen molar-refractivity contribution in [3.8, 4) is 5.88 Å². The van der Waals surface area contributed by atoms with Crippen molar-refractivity contribution in [1.29, 1.82) is 0 Å². The van der Waals surface area contributed by atoms with Crippen LogP contribution in [0.5, 0.6) is 5.88 Å². The monoisotopic (exact) mass is 316 g/mol. The topological polar surface area (TPSA) is 86.0 Å². The molecule has 2 aromatic heterocycles. The largest absolute Gasteiger partial charge is 0.472 e. The molecule has 1 unspecified atom stereocenters. The highest BCUT2D eigenvalue weighted by Crippen LogP contribution is 2.18. The molecule has 2 aromatic rings. The molecule has 23 heavy (non-hydrogen) atoms. The van der Waals surface area contributed by atoms with Crippen LogP contribution in [0, 0.1) is 13.8 Å². The van der Waals surface area contributed by atoms with E-state index < -0.39 is 0 Å². The number of ether oxygens (including phenoxy) is 1. The van der Waals surface area contributed by atoms with Gasteiger partial charge in [0.15, 0.2) is 5.69 Å². The summed E-state index contributed by atoms with van der Waals surface area (Å²) in [6.07, 6.45) is 3.34. The van der Waals surface area contributed by atoms with E-state index >= 15 is 0 Å². The molecule has 0 aromatic carbocycles. The molecule has 0 spiro atoms. The lowest BCUT2D eigenvalue weighted by atomic mass is 10.1. The van der Waals surface area contributed by atoms with Crippen molar-refractivity contribution in [3.63, 3.8) is 0 Å². The normalized spacial score (nSPS) is 18.0. The van der Waals surface area contributed by atoms with Crippen LogP contribution in [-0.2, 0) is 7.05 Å². The van der Waals surface area contributed by atoms with E-state index in [9.17, 15) is 4.79 Å². The summed E-state index contributed by atoms with van der Waals surface area (Å²) >= 11 is 0. The van der Waals surface area contributed by atoms with Gasteiger partial charge < -0.3 is 9.64 Å². The molecule has 0 radical (unpaired) electrons. The van der Waals surface area contributed by atoms with Gasteiger partial charge in [0.2, 0.25) is 5.88 Å². The van der Waals surface area contributed by atoms with Crippen LogP contribution in [-0.4, -0.2) is 55.0 Å². The lowest BCUT2D eigenvalue weighted by Crippen LogP contribution is -2.44. The Balaban J connectivity index is 1.67. The number of carbonyl (C=O) groups is 1. The fourth-order valence-electron chi connectivity index (χ4n) is 2.74. The Morgan fingerprint density at radius 3 is 2.87 bits per heavy atom. The summed E-state index contributed by atoms with van der Waals surface area (Å²) in [5.74, 6) is 1.14. The molecule has 0 aliphatic carbocycles. The van der Waals surface area contributed by atoms with Crippen molar-refractivity contribution < 1.29 is 9.53 Å². The maximum absolute atomic E-state index is 12.4. The van der Waals surface area contributed by atoms with Crippen LogP contribution in [0.3, 0.4) is 0 Å². The Morgan fingerprint density at radius 2 is 2.17 bits per heavy atom. The predicted molar refractivity (Wildman–Crippen MR) is 82.1 cm³/mol. The van der Waals surface area contributed by atoms with Gasteiger partial charge in [-0.2, -0.15) is 4.98 Å². The standard InChI is InChI=1S/C15H20N6O2/c1-10-7-14(17-11(2)16-10)23-12-5-4-6-21(8-12)15(22)13-9-20(3)19-18-13/h7,9,12H,4-6,8H2,1-3H3. The number of aryl methyl sites for hydroxylation is 3. The summed E-state index contributed by atoms with van der Waals surface area (Å²) in [6, 6.07) is 1.82. The molecule has 1 saturated heterocycles. The second-order valence-electron chi connectivity index (χ2n) is 5.81. The summed E-state index contributed by atoms with van der Waals surface area (Å²) in [7, 11) is 1.74. The molecule has 8 heteroatoms. The van der Waals surface area contributed by atoms with Crippen LogP contribution in [0.2, 0.25) is 0 Å². The molecule has 8 nitrogen and oxygen atoms in total. The van der Waals surface area contributed by atoms with Crippen LogP contribution in [0.4, 0.5) is 0 Å². The summed E-state index contributed by atoms with van der Waals surface area (Å²) in [6.45, 7) is 4.98. The van der Waals surface area contributed by atoms with Gasteiger partial charge in [-0.25, -0.2) is 4.98 Å². The van der Waals surface area contributed by atoms with E-state index in [1.54, 1.807) is 18.1 Å². The third kappa shape index (κ3) is 3.64. The van der Waals surface area contributed by atoms with Crippen LogP contribution < -0.4 is 4.74 Å². The van der Waals surface area contributed by atoms with Crippen LogP contribution in [0.1, 0.15) is 34.8 Å². The van der Waals surface area contributed by atoms with Crippen molar-refractivity contribution in [2.75, 3.05) is 13.1 Å². The highest BCUT2D eigenvalue weighted by atomic mass is 16.5. The van der Waals surface area contributed by atoms with Gasteiger partial charge in [-0.3, -0.25) is 9.48 Å². The summed E-state index contributed by atoms with van der Waals surface area (Å²) in [5.41, 5.74) is 1.23. The number of nitrogens with zero attached hydrogens (tertiary/aromatic N) is 6. The first-order valence-corrected chi connectivity index (χ1v) is 7.66. The third-order valence-corrected chi connectivity index (χ3v) is 3.72. The molecule has 0 bridgehead atoms. The van der Waals surface area contributed by atoms with Gasteiger partial charge in [0.1, 0.15) is 11.9 Å². The first-order valence-electron chi connectivity index (χ1n) is 7.66. The minimum absolute atomic E-state index is 0.0712. The number of hydrogen-bond donors (Lipinski definition) is 0. The highest BCUT2D eigenvalue weighted by molar-refractivity contribution is 5.92. The Labute approximate surface area is 134 Å². The molecule has 0 saturated carbocycles. The van der Waals surface area contributed by atoms with Gasteiger partial charge >= 0.3 is 0 Å². The van der Waals surface area contributed by atoms with Crippen molar-refractivity contribution in [2.45, 2.75) is 32.8 Å². The summed E-state index contributed by atoms with van der Waals surface area (Å²) in [4.78, 5) is 22.7. The number of aromatic nitrogens is 5. The number of likely N-dealkylation sites (tertiary alicyclic amines) is 1. The van der Waals surface area contributed by atoms with Crippen molar-refractivity contribution in [1.82, 2.24) is 29.9 Å². The first kappa shape index (κ1) is 15.4. The van der Waals surface area contributed by atoms with Gasteiger partial charge in [-0.05, 0) is 26.7 Å². The van der Waals surface area contributed by atoms with Crippen molar-refractivity contribution in [3.05, 3.63) is 29.5 Å². The van der Waals surface area contributed by atoms with Gasteiger partial charge in [0, 0.05) is 25.4 Å². The van der Waals surface area contributed by atoms with E-state index in [2.05, 4.69) is 20.3 Å². The molecule has 0 N–H and O–H groups in total. The third-order valence-electron chi connectivity index (χ3n) is 3.72. The maximum atomic E-state index is 12.4. The molecule has 1 atom stereocenters. The van der Waals surface area contributed by atoms with Crippen LogP contribution in [0.15, 0.2) is 12.3 Å². The van der Waals surface area contributed by atoms with Crippen molar-refractivity contribution in [2.24, 2.45) is 7.05 Å². The zero-order chi connectivity index (χ0) is 16.4. The minimum Gasteiger partial charge on any atom is -0.472 e. The molecule has 1 aliphatic rings. The molecule has 122 valence electrons. The number of hydrogen-bond acceptors (Lipinski definition) is 6. The van der Waals surface area contributed by atoms with Gasteiger partial charge in [-0.15, -0.1) is 5.10 Å². The molecule has 1 fully saturated rings. The highest BCUT2D eigenvalue weighted by Gasteiger charge is 2.27. The number of amides is 1. The van der Waals surface area contributed by atoms with E-state index in [-0.39, 0.29) is 12.0 Å². The lowest BCUT2D eigenvalue weighted by Gasteiger charge is -2.32. The number of carbonyl (C=O) groups excluding carboxylic acids is 1. The Kier molecular flexibility index (Phi) is 4.22. The first-order chi connectivity index (χ1) is 11.0. The molecule has 1 amide bonds. The SMILES string of the molecule is Cc1cc(OC2CCCN(C(=O)c3cn(C)nn3)C2)nc(C)n1. The molecule has 1 aliphatic heterocycles. The predicted octanol–water partition coefficient (Wildman–Crippen LogP) is 0.906. The Morgan fingerprint density at radius 1 is 1.35 bits per heavy atom. The van der Waals surface area contributed by atoms with E-state index in [0.717, 1.165) is 18.5 Å². The fourth-order valence-corrected chi connectivity index (χ4v) is 2.74. The fraction of sp³-hybridized carbons (Fsp3) is 0.533. The zero-order valence-corrected chi connectivity index (χ0v) is 13.6. The second-order valence-corrected chi connectivity index (χ2v) is 5.81. The quantitative estimate of drug-likeness (QED) is 0.836. The van der Waals surface area contributed by atoms with Crippen LogP contribution in [0.25, 0.3) is 0 Å². The molecular weight excluding hydrogens is 296 g/mol. The smallest absolute Gasteiger partial charge is 0.276 e. The van der Waals surface area contributed by atoms with Crippen molar-refractivity contribution >= 4 is 5.91 Å². The van der Waals surface area contributed by atoms with E-state index in [4.69, 9.17) is 4.74 Å². The maximum Gasteiger partial charge on any atom is 0.276 e. The van der Waals surface area contributed by atoms with Gasteiger partial charge in [-0.1, -0.05) is 5.21 Å². The average Bonchev–Trinajstić information content (AvgIpc) is 2.92. The summed E-state index contributed by atoms with van der Waals surface area (Å²) in [5, 5.41) is 7.69. The molecule has 3 rings (SSSR count). The molecular formula is C15H20N6O2. The van der Waals surface area contributed by atoms with Gasteiger partial charge in [0.05, 0.1) is 12.7 Å². The number of piperidine rings is 1. The van der Waals surface area contributed by atoms with E-state index in [1.165, 1.54) is 4.68 Å². The lowest BCUT2D eigenvalue weighted by molar-refractivity contribution is 0.0521. The summed E-state index contributed by atoms with van der Waals surface area (Å²) < 4.78 is 7.48. The van der Waals surface area contributed by atoms with Crippen LogP contribution >= 0.6 is 0 Å². The second kappa shape index (κ2) is 6.31. The Bertz CT molecular complexity index is 693. The number of rotatable bonds is 3. The van der Waals surface area contributed by atoms with E-state index in [0.29, 0.717) is 30.5 Å². The Hall–Kier alpha value is -2.51. The minimum atomic E-state index is -0.110.